The number of Topliss-reactive ketones (excluding diaryl/α,β-unsaturated/α-hetero) is 2. The number of hydrogen-bond acceptors (Lipinski definition) is 8. The van der Waals surface area contributed by atoms with Crippen LogP contribution >= 0.6 is 0 Å². The summed E-state index contributed by atoms with van der Waals surface area (Å²) >= 11 is 0. The highest BCUT2D eigenvalue weighted by Crippen LogP contribution is 2.58. The molecule has 6 atom stereocenters. The predicted molar refractivity (Wildman–Crippen MR) is 160 cm³/mol. The molecular formula is C34H38N2O7. The predicted octanol–water partition coefficient (Wildman–Crippen LogP) is 4.63. The van der Waals surface area contributed by atoms with Crippen molar-refractivity contribution in [1.29, 1.82) is 0 Å². The summed E-state index contributed by atoms with van der Waals surface area (Å²) in [6, 6.07) is 9.44. The van der Waals surface area contributed by atoms with E-state index < -0.39 is 46.7 Å². The number of aliphatic hydroxyl groups excluding tert-OH is 2. The Bertz CT molecular complexity index is 1620. The second-order valence-electron chi connectivity index (χ2n) is 12.6. The minimum atomic E-state index is -1.26. The lowest BCUT2D eigenvalue weighted by atomic mass is 9.52. The summed E-state index contributed by atoms with van der Waals surface area (Å²) < 4.78 is 5.62. The Morgan fingerprint density at radius 2 is 1.70 bits per heavy atom. The van der Waals surface area contributed by atoms with Gasteiger partial charge in [0.1, 0.15) is 28.6 Å². The van der Waals surface area contributed by atoms with Gasteiger partial charge in [0.05, 0.1) is 18.6 Å². The Balaban J connectivity index is 1.46. The summed E-state index contributed by atoms with van der Waals surface area (Å²) in [6.07, 6.45) is 2.32. The second-order valence-corrected chi connectivity index (χ2v) is 12.6. The average molecular weight is 587 g/mol. The Labute approximate surface area is 250 Å². The van der Waals surface area contributed by atoms with Crippen molar-refractivity contribution in [2.24, 2.45) is 35.3 Å². The van der Waals surface area contributed by atoms with Crippen LogP contribution in [0.15, 0.2) is 47.2 Å². The molecule has 0 radical (unpaired) electrons. The SMILES string of the molecule is COc1ccc(-c2ccc3c(c2O)C(O)=C2C(=O)C4C(=O)C(C(N)=O)=C(O)[C@@H](C)C4[C@@H](C)C2[C@H]3C)cc1CN1CCCC1. The van der Waals surface area contributed by atoms with E-state index in [9.17, 15) is 29.7 Å². The number of amides is 1. The number of allylic oxidation sites excluding steroid dienone is 2. The Kier molecular flexibility index (Phi) is 7.12. The van der Waals surface area contributed by atoms with Gasteiger partial charge in [-0.15, -0.1) is 0 Å². The maximum absolute atomic E-state index is 14.1. The minimum absolute atomic E-state index is 0.0800. The summed E-state index contributed by atoms with van der Waals surface area (Å²) in [5, 5.41) is 34.1. The monoisotopic (exact) mass is 586 g/mol. The Morgan fingerprint density at radius 3 is 2.35 bits per heavy atom. The maximum Gasteiger partial charge on any atom is 0.255 e. The third kappa shape index (κ3) is 4.27. The molecule has 6 rings (SSSR count). The number of phenolic OH excluding ortho intramolecular Hbond substituents is 1. The highest BCUT2D eigenvalue weighted by molar-refractivity contribution is 6.28. The van der Waals surface area contributed by atoms with Crippen molar-refractivity contribution in [1.82, 2.24) is 4.90 Å². The molecule has 1 amide bonds. The number of aliphatic hydroxyl groups is 2. The van der Waals surface area contributed by atoms with Gasteiger partial charge in [-0.3, -0.25) is 19.3 Å². The molecule has 226 valence electrons. The number of rotatable bonds is 5. The van der Waals surface area contributed by atoms with Gasteiger partial charge in [0, 0.05) is 35.1 Å². The number of phenols is 1. The minimum Gasteiger partial charge on any atom is -0.511 e. The van der Waals surface area contributed by atoms with Gasteiger partial charge in [0.15, 0.2) is 11.6 Å². The van der Waals surface area contributed by atoms with E-state index in [1.54, 1.807) is 14.0 Å². The number of nitrogens with two attached hydrogens (primary N) is 1. The number of aromatic hydroxyl groups is 1. The van der Waals surface area contributed by atoms with Crippen molar-refractivity contribution < 1.29 is 34.4 Å². The van der Waals surface area contributed by atoms with E-state index in [4.69, 9.17) is 10.5 Å². The fraction of sp³-hybridized carbons (Fsp3) is 0.441. The van der Waals surface area contributed by atoms with Crippen LogP contribution in [0.25, 0.3) is 16.9 Å². The molecule has 3 aliphatic carbocycles. The quantitative estimate of drug-likeness (QED) is 0.293. The van der Waals surface area contributed by atoms with E-state index in [-0.39, 0.29) is 40.2 Å². The standard InChI is InChI=1S/C34H38N2O7/c1-15-20-8-9-21(18-7-10-22(43-4)19(13-18)14-36-11-5-6-12-36)30(38)25(20)31(39)26-23(15)16(2)24-17(3)29(37)28(34(35)42)33(41)27(24)32(26)40/h7-10,13,15-17,23-24,27,37-39H,5-6,11-12,14H2,1-4H3,(H2,35,42)/t15-,16-,17-,23?,24?,27?/m0/s1. The van der Waals surface area contributed by atoms with Crippen molar-refractivity contribution in [3.8, 4) is 22.6 Å². The molecule has 2 aromatic carbocycles. The average Bonchev–Trinajstić information content (AvgIpc) is 3.48. The lowest BCUT2D eigenvalue weighted by molar-refractivity contribution is -0.138. The number of carbonyl (C=O) groups is 3. The van der Waals surface area contributed by atoms with Gasteiger partial charge >= 0.3 is 0 Å². The summed E-state index contributed by atoms with van der Waals surface area (Å²) in [6.45, 7) is 8.29. The van der Waals surface area contributed by atoms with Crippen LogP contribution in [0.3, 0.4) is 0 Å². The van der Waals surface area contributed by atoms with Crippen LogP contribution < -0.4 is 10.5 Å². The third-order valence-corrected chi connectivity index (χ3v) is 10.4. The van der Waals surface area contributed by atoms with Crippen LogP contribution in [0.2, 0.25) is 0 Å². The Hall–Kier alpha value is -4.11. The van der Waals surface area contributed by atoms with E-state index in [1.807, 2.05) is 44.2 Å². The number of nitrogens with zero attached hydrogens (tertiary/aromatic N) is 1. The molecule has 0 bridgehead atoms. The molecule has 43 heavy (non-hydrogen) atoms. The normalized spacial score (nSPS) is 28.9. The topological polar surface area (TPSA) is 150 Å². The lowest BCUT2D eigenvalue weighted by Crippen LogP contribution is -2.53. The van der Waals surface area contributed by atoms with Crippen LogP contribution in [0.1, 0.15) is 56.2 Å². The molecule has 9 heteroatoms. The fourth-order valence-corrected chi connectivity index (χ4v) is 8.32. The van der Waals surface area contributed by atoms with Crippen molar-refractivity contribution in [2.45, 2.75) is 46.1 Å². The highest BCUT2D eigenvalue weighted by Gasteiger charge is 2.58. The van der Waals surface area contributed by atoms with Gasteiger partial charge in [0.2, 0.25) is 0 Å². The lowest BCUT2D eigenvalue weighted by Gasteiger charge is -2.49. The first-order valence-electron chi connectivity index (χ1n) is 15.0. The van der Waals surface area contributed by atoms with Gasteiger partial charge in [-0.1, -0.05) is 39.0 Å². The molecule has 1 saturated heterocycles. The molecule has 2 fully saturated rings. The van der Waals surface area contributed by atoms with E-state index in [0.29, 0.717) is 11.1 Å². The van der Waals surface area contributed by atoms with E-state index in [2.05, 4.69) is 4.90 Å². The molecule has 1 aliphatic heterocycles. The van der Waals surface area contributed by atoms with Crippen molar-refractivity contribution in [3.05, 3.63) is 63.9 Å². The molecule has 9 nitrogen and oxygen atoms in total. The van der Waals surface area contributed by atoms with Gasteiger partial charge in [-0.25, -0.2) is 0 Å². The smallest absolute Gasteiger partial charge is 0.255 e. The van der Waals surface area contributed by atoms with Crippen LogP contribution in [0.5, 0.6) is 11.5 Å². The zero-order valence-electron chi connectivity index (χ0n) is 24.9. The number of benzene rings is 2. The number of primary amides is 1. The number of likely N-dealkylation sites (tertiary alicyclic amines) is 1. The number of carbonyl (C=O) groups excluding carboxylic acids is 3. The van der Waals surface area contributed by atoms with Crippen LogP contribution in [-0.2, 0) is 20.9 Å². The molecule has 2 aromatic rings. The van der Waals surface area contributed by atoms with Crippen molar-refractivity contribution in [3.63, 3.8) is 0 Å². The first-order valence-corrected chi connectivity index (χ1v) is 15.0. The van der Waals surface area contributed by atoms with Crippen LogP contribution in [0.4, 0.5) is 0 Å². The summed E-state index contributed by atoms with van der Waals surface area (Å²) in [5.41, 5.74) is 8.07. The van der Waals surface area contributed by atoms with Gasteiger partial charge in [0.25, 0.3) is 5.91 Å². The van der Waals surface area contributed by atoms with Crippen LogP contribution in [-0.4, -0.2) is 57.9 Å². The molecule has 0 aromatic heterocycles. The van der Waals surface area contributed by atoms with E-state index in [0.717, 1.165) is 49.4 Å². The largest absolute Gasteiger partial charge is 0.511 e. The summed E-state index contributed by atoms with van der Waals surface area (Å²) in [5.74, 6) is -6.15. The van der Waals surface area contributed by atoms with E-state index in [1.165, 1.54) is 0 Å². The second kappa shape index (κ2) is 10.6. The molecule has 3 unspecified atom stereocenters. The van der Waals surface area contributed by atoms with Gasteiger partial charge < -0.3 is 25.8 Å². The Morgan fingerprint density at radius 1 is 1.00 bits per heavy atom. The van der Waals surface area contributed by atoms with Crippen molar-refractivity contribution >= 4 is 23.2 Å². The van der Waals surface area contributed by atoms with Crippen LogP contribution in [0, 0.1) is 29.6 Å². The molecule has 0 spiro atoms. The molecule has 4 aliphatic rings. The van der Waals surface area contributed by atoms with Gasteiger partial charge in [-0.2, -0.15) is 0 Å². The zero-order chi connectivity index (χ0) is 30.9. The molecular weight excluding hydrogens is 548 g/mol. The summed E-state index contributed by atoms with van der Waals surface area (Å²) in [4.78, 5) is 42.0. The number of methoxy groups -OCH3 is 1. The maximum atomic E-state index is 14.1. The first kappa shape index (κ1) is 29.0. The number of ketones is 2. The van der Waals surface area contributed by atoms with Gasteiger partial charge in [-0.05, 0) is 66.9 Å². The fourth-order valence-electron chi connectivity index (χ4n) is 8.32. The zero-order valence-corrected chi connectivity index (χ0v) is 24.9. The number of fused-ring (bicyclic) bond motifs is 3. The summed E-state index contributed by atoms with van der Waals surface area (Å²) in [7, 11) is 1.63. The highest BCUT2D eigenvalue weighted by atomic mass is 16.5. The molecule has 1 heterocycles. The number of ether oxygens (including phenoxy) is 1. The number of hydrogen-bond donors (Lipinski definition) is 4. The molecule has 1 saturated carbocycles. The molecule has 5 N–H and O–H groups in total. The third-order valence-electron chi connectivity index (χ3n) is 10.4. The van der Waals surface area contributed by atoms with Crippen molar-refractivity contribution in [2.75, 3.05) is 20.2 Å². The van der Waals surface area contributed by atoms with E-state index >= 15 is 0 Å². The first-order chi connectivity index (χ1) is 20.5.